The third-order valence-electron chi connectivity index (χ3n) is 5.40. The van der Waals surface area contributed by atoms with Gasteiger partial charge in [0, 0.05) is 28.7 Å². The lowest BCUT2D eigenvalue weighted by Crippen LogP contribution is -2.22. The Morgan fingerprint density at radius 1 is 0.933 bits per heavy atom. The van der Waals surface area contributed by atoms with Gasteiger partial charge in [-0.3, -0.25) is 4.79 Å². The number of carbonyl (C=O) groups excluding carboxylic acids is 1. The van der Waals surface area contributed by atoms with E-state index in [-0.39, 0.29) is 5.92 Å². The van der Waals surface area contributed by atoms with Gasteiger partial charge in [0.05, 0.1) is 16.9 Å². The van der Waals surface area contributed by atoms with Crippen LogP contribution in [0.15, 0.2) is 52.3 Å². The Balaban J connectivity index is 1.63. The van der Waals surface area contributed by atoms with Gasteiger partial charge in [-0.15, -0.1) is 0 Å². The molecular formula is C24H28F3NOS. The summed E-state index contributed by atoms with van der Waals surface area (Å²) in [7, 11) is 0. The molecule has 6 heteroatoms. The van der Waals surface area contributed by atoms with Crippen molar-refractivity contribution < 1.29 is 18.0 Å². The zero-order valence-corrected chi connectivity index (χ0v) is 18.3. The number of halogens is 3. The molecule has 0 fully saturated rings. The predicted octanol–water partition coefficient (Wildman–Crippen LogP) is 7.87. The number of nitrogens with zero attached hydrogens (tertiary/aromatic N) is 1. The number of rotatable bonds is 9. The third-order valence-corrected chi connectivity index (χ3v) is 6.53. The maximum Gasteiger partial charge on any atom is 0.416 e. The van der Waals surface area contributed by atoms with Crippen molar-refractivity contribution in [3.63, 3.8) is 0 Å². The average Bonchev–Trinajstić information content (AvgIpc) is 2.71. The van der Waals surface area contributed by atoms with Gasteiger partial charge in [0.1, 0.15) is 5.78 Å². The van der Waals surface area contributed by atoms with E-state index < -0.39 is 11.7 Å². The molecule has 30 heavy (non-hydrogen) atoms. The lowest BCUT2D eigenvalue weighted by Gasteiger charge is -2.33. The fourth-order valence-electron chi connectivity index (χ4n) is 3.63. The second kappa shape index (κ2) is 9.90. The Morgan fingerprint density at radius 2 is 1.60 bits per heavy atom. The molecule has 1 aliphatic heterocycles. The van der Waals surface area contributed by atoms with Gasteiger partial charge < -0.3 is 4.90 Å². The minimum atomic E-state index is -4.35. The Kier molecular flexibility index (Phi) is 7.50. The molecule has 162 valence electrons. The monoisotopic (exact) mass is 435 g/mol. The molecule has 0 atom stereocenters. The first kappa shape index (κ1) is 22.7. The van der Waals surface area contributed by atoms with E-state index in [1.807, 2.05) is 43.0 Å². The molecule has 0 N–H and O–H groups in total. The number of hydrogen-bond acceptors (Lipinski definition) is 3. The molecule has 0 saturated heterocycles. The van der Waals surface area contributed by atoms with Crippen molar-refractivity contribution in [1.29, 1.82) is 0 Å². The van der Waals surface area contributed by atoms with Crippen LogP contribution in [0.4, 0.5) is 24.5 Å². The zero-order valence-electron chi connectivity index (χ0n) is 17.5. The molecule has 0 aromatic heterocycles. The Hall–Kier alpha value is -1.95. The standard InChI is InChI=1S/C24H28F3NOS/c1-17(2)21(29)11-6-4-3-5-9-15-28-19-10-7-8-12-22(19)30-23-14-13-18(16-20(23)28)24(25,26)27/h7-8,10,12-14,16-17H,3-6,9,11,15H2,1-2H3. The summed E-state index contributed by atoms with van der Waals surface area (Å²) in [4.78, 5) is 15.6. The quantitative estimate of drug-likeness (QED) is 0.374. The van der Waals surface area contributed by atoms with Crippen molar-refractivity contribution in [2.45, 2.75) is 68.3 Å². The fourth-order valence-corrected chi connectivity index (χ4v) is 4.71. The first-order valence-corrected chi connectivity index (χ1v) is 11.4. The SMILES string of the molecule is CC(C)C(=O)CCCCCCCN1c2ccccc2Sc2ccc(C(F)(F)F)cc21. The molecule has 0 saturated carbocycles. The Labute approximate surface area is 180 Å². The maximum atomic E-state index is 13.3. The van der Waals surface area contributed by atoms with Gasteiger partial charge >= 0.3 is 6.18 Å². The van der Waals surface area contributed by atoms with E-state index in [1.165, 1.54) is 17.8 Å². The number of alkyl halides is 3. The van der Waals surface area contributed by atoms with Gasteiger partial charge in [-0.05, 0) is 43.2 Å². The average molecular weight is 436 g/mol. The highest BCUT2D eigenvalue weighted by molar-refractivity contribution is 7.99. The molecule has 2 nitrogen and oxygen atoms in total. The predicted molar refractivity (Wildman–Crippen MR) is 117 cm³/mol. The molecular weight excluding hydrogens is 407 g/mol. The fraction of sp³-hybridized carbons (Fsp3) is 0.458. The summed E-state index contributed by atoms with van der Waals surface area (Å²) < 4.78 is 39.8. The topological polar surface area (TPSA) is 20.3 Å². The summed E-state index contributed by atoms with van der Waals surface area (Å²) in [5.41, 5.74) is 0.994. The van der Waals surface area contributed by atoms with Crippen LogP contribution in [-0.2, 0) is 11.0 Å². The van der Waals surface area contributed by atoms with Crippen molar-refractivity contribution in [2.24, 2.45) is 5.92 Å². The van der Waals surface area contributed by atoms with Crippen molar-refractivity contribution in [3.8, 4) is 0 Å². The number of carbonyl (C=O) groups is 1. The first-order valence-electron chi connectivity index (χ1n) is 10.6. The number of benzene rings is 2. The van der Waals surface area contributed by atoms with E-state index in [2.05, 4.69) is 0 Å². The number of anilines is 2. The van der Waals surface area contributed by atoms with Crippen molar-refractivity contribution in [3.05, 3.63) is 48.0 Å². The van der Waals surface area contributed by atoms with E-state index in [0.717, 1.165) is 53.6 Å². The van der Waals surface area contributed by atoms with Gasteiger partial charge in [0.25, 0.3) is 0 Å². The van der Waals surface area contributed by atoms with Crippen LogP contribution in [0.25, 0.3) is 0 Å². The van der Waals surface area contributed by atoms with Gasteiger partial charge in [-0.1, -0.05) is 57.0 Å². The Bertz CT molecular complexity index is 879. The van der Waals surface area contributed by atoms with E-state index in [4.69, 9.17) is 0 Å². The number of unbranched alkanes of at least 4 members (excludes halogenated alkanes) is 4. The van der Waals surface area contributed by atoms with Crippen LogP contribution in [-0.4, -0.2) is 12.3 Å². The largest absolute Gasteiger partial charge is 0.416 e. The molecule has 3 rings (SSSR count). The van der Waals surface area contributed by atoms with E-state index in [9.17, 15) is 18.0 Å². The minimum Gasteiger partial charge on any atom is -0.340 e. The van der Waals surface area contributed by atoms with E-state index in [1.54, 1.807) is 6.07 Å². The van der Waals surface area contributed by atoms with Crippen LogP contribution < -0.4 is 4.90 Å². The molecule has 0 bridgehead atoms. The van der Waals surface area contributed by atoms with Crippen LogP contribution in [0.3, 0.4) is 0 Å². The summed E-state index contributed by atoms with van der Waals surface area (Å²) in [5, 5.41) is 0. The van der Waals surface area contributed by atoms with Crippen LogP contribution >= 0.6 is 11.8 Å². The van der Waals surface area contributed by atoms with Crippen molar-refractivity contribution in [2.75, 3.05) is 11.4 Å². The summed E-state index contributed by atoms with van der Waals surface area (Å²) in [5.74, 6) is 0.415. The molecule has 2 aromatic carbocycles. The lowest BCUT2D eigenvalue weighted by atomic mass is 10.0. The number of hydrogen-bond donors (Lipinski definition) is 0. The Morgan fingerprint density at radius 3 is 2.33 bits per heavy atom. The summed E-state index contributed by atoms with van der Waals surface area (Å²) in [6.45, 7) is 4.54. The van der Waals surface area contributed by atoms with Crippen LogP contribution in [0.1, 0.15) is 57.9 Å². The maximum absolute atomic E-state index is 13.3. The number of fused-ring (bicyclic) bond motifs is 2. The van der Waals surface area contributed by atoms with E-state index >= 15 is 0 Å². The molecule has 0 spiro atoms. The van der Waals surface area contributed by atoms with Gasteiger partial charge in [0.15, 0.2) is 0 Å². The summed E-state index contributed by atoms with van der Waals surface area (Å²) in [6, 6.07) is 11.9. The molecule has 1 aliphatic rings. The third kappa shape index (κ3) is 5.60. The lowest BCUT2D eigenvalue weighted by molar-refractivity contribution is -0.137. The number of para-hydroxylation sites is 1. The molecule has 0 radical (unpaired) electrons. The molecule has 0 amide bonds. The number of ketones is 1. The minimum absolute atomic E-state index is 0.101. The van der Waals surface area contributed by atoms with E-state index in [0.29, 0.717) is 24.4 Å². The summed E-state index contributed by atoms with van der Waals surface area (Å²) >= 11 is 1.52. The normalized spacial score (nSPS) is 13.3. The summed E-state index contributed by atoms with van der Waals surface area (Å²) in [6.07, 6.45) is 1.14. The van der Waals surface area contributed by atoms with Crippen LogP contribution in [0.5, 0.6) is 0 Å². The molecule has 1 heterocycles. The highest BCUT2D eigenvalue weighted by atomic mass is 32.2. The highest BCUT2D eigenvalue weighted by Crippen LogP contribution is 2.49. The van der Waals surface area contributed by atoms with Crippen molar-refractivity contribution >= 4 is 28.9 Å². The molecule has 0 aliphatic carbocycles. The van der Waals surface area contributed by atoms with Crippen molar-refractivity contribution in [1.82, 2.24) is 0 Å². The second-order valence-corrected chi connectivity index (χ2v) is 9.12. The van der Waals surface area contributed by atoms with Gasteiger partial charge in [0.2, 0.25) is 0 Å². The molecule has 0 unspecified atom stereocenters. The smallest absolute Gasteiger partial charge is 0.340 e. The van der Waals surface area contributed by atoms with Crippen LogP contribution in [0, 0.1) is 5.92 Å². The molecule has 2 aromatic rings. The van der Waals surface area contributed by atoms with Crippen LogP contribution in [0.2, 0.25) is 0 Å². The first-order chi connectivity index (χ1) is 14.3. The van der Waals surface area contributed by atoms with Gasteiger partial charge in [-0.25, -0.2) is 0 Å². The number of Topliss-reactive ketones (excluding diaryl/α,β-unsaturated/α-hetero) is 1. The second-order valence-electron chi connectivity index (χ2n) is 8.04. The van der Waals surface area contributed by atoms with Gasteiger partial charge in [-0.2, -0.15) is 13.2 Å². The highest BCUT2D eigenvalue weighted by Gasteiger charge is 2.33. The zero-order chi connectivity index (χ0) is 21.7.